The van der Waals surface area contributed by atoms with Crippen LogP contribution < -0.4 is 10.5 Å². The standard InChI is InChI=1S/C22H19ClFN7O3/c23-19-14(12-7-13(10-26-9-12)22(32)31-3-5-33-6-4-31)1-2-16(24)15(19)11-34-17-8-18(25)27-21-20(17)28-30-29-21/h1-2,7-10H,3-6,11H2,(H3,25,27,28,29,30). The molecule has 1 fully saturated rings. The third kappa shape index (κ3) is 4.22. The number of benzene rings is 1. The van der Waals surface area contributed by atoms with Crippen LogP contribution in [0.5, 0.6) is 5.75 Å². The van der Waals surface area contributed by atoms with Gasteiger partial charge in [-0.1, -0.05) is 11.6 Å². The Bertz CT molecular complexity index is 1370. The molecule has 0 atom stereocenters. The second-order valence-electron chi connectivity index (χ2n) is 7.58. The Morgan fingerprint density at radius 2 is 2.06 bits per heavy atom. The first-order chi connectivity index (χ1) is 16.5. The summed E-state index contributed by atoms with van der Waals surface area (Å²) >= 11 is 6.59. The lowest BCUT2D eigenvalue weighted by atomic mass is 10.0. The van der Waals surface area contributed by atoms with Gasteiger partial charge in [0.1, 0.15) is 18.2 Å². The van der Waals surface area contributed by atoms with Gasteiger partial charge in [0.25, 0.3) is 5.91 Å². The number of nitrogen functional groups attached to an aromatic ring is 1. The van der Waals surface area contributed by atoms with Crippen molar-refractivity contribution in [2.45, 2.75) is 6.61 Å². The normalized spacial score (nSPS) is 13.9. The number of morpholine rings is 1. The molecule has 1 aliphatic heterocycles. The second-order valence-corrected chi connectivity index (χ2v) is 7.96. The first kappa shape index (κ1) is 22.0. The van der Waals surface area contributed by atoms with Crippen LogP contribution >= 0.6 is 11.6 Å². The summed E-state index contributed by atoms with van der Waals surface area (Å²) in [7, 11) is 0. The first-order valence-corrected chi connectivity index (χ1v) is 10.8. The van der Waals surface area contributed by atoms with Gasteiger partial charge in [-0.05, 0) is 18.2 Å². The molecule has 5 rings (SSSR count). The van der Waals surface area contributed by atoms with E-state index >= 15 is 0 Å². The fourth-order valence-electron chi connectivity index (χ4n) is 3.69. The van der Waals surface area contributed by atoms with Crippen molar-refractivity contribution in [3.63, 3.8) is 0 Å². The molecule has 1 aliphatic rings. The monoisotopic (exact) mass is 483 g/mol. The highest BCUT2D eigenvalue weighted by atomic mass is 35.5. The molecule has 0 bridgehead atoms. The Kier molecular flexibility index (Phi) is 5.95. The highest BCUT2D eigenvalue weighted by molar-refractivity contribution is 6.34. The van der Waals surface area contributed by atoms with E-state index < -0.39 is 5.82 Å². The molecule has 0 radical (unpaired) electrons. The van der Waals surface area contributed by atoms with E-state index in [0.29, 0.717) is 48.5 Å². The number of nitrogens with zero attached hydrogens (tertiary/aromatic N) is 5. The first-order valence-electron chi connectivity index (χ1n) is 10.4. The minimum Gasteiger partial charge on any atom is -0.486 e. The third-order valence-corrected chi connectivity index (χ3v) is 5.86. The van der Waals surface area contributed by atoms with E-state index in [4.69, 9.17) is 26.8 Å². The number of anilines is 1. The maximum Gasteiger partial charge on any atom is 0.255 e. The molecule has 3 N–H and O–H groups in total. The zero-order valence-corrected chi connectivity index (χ0v) is 18.5. The summed E-state index contributed by atoms with van der Waals surface area (Å²) in [5.74, 6) is -0.214. The summed E-state index contributed by atoms with van der Waals surface area (Å²) in [6.45, 7) is 1.83. The molecule has 0 saturated carbocycles. The van der Waals surface area contributed by atoms with Gasteiger partial charge < -0.3 is 20.1 Å². The highest BCUT2D eigenvalue weighted by Crippen LogP contribution is 2.34. The lowest BCUT2D eigenvalue weighted by Gasteiger charge is -2.26. The number of fused-ring (bicyclic) bond motifs is 1. The molecule has 1 amide bonds. The Morgan fingerprint density at radius 1 is 1.24 bits per heavy atom. The van der Waals surface area contributed by atoms with E-state index in [1.54, 1.807) is 23.2 Å². The van der Waals surface area contributed by atoms with Gasteiger partial charge in [0, 0.05) is 48.2 Å². The molecular formula is C22H19ClFN7O3. The Balaban J connectivity index is 1.43. The van der Waals surface area contributed by atoms with Crippen molar-refractivity contribution >= 4 is 34.5 Å². The molecule has 1 saturated heterocycles. The number of nitrogens with one attached hydrogen (secondary N) is 1. The molecule has 0 aliphatic carbocycles. The smallest absolute Gasteiger partial charge is 0.255 e. The molecule has 3 aromatic heterocycles. The van der Waals surface area contributed by atoms with Crippen LogP contribution in [-0.4, -0.2) is 62.5 Å². The zero-order chi connectivity index (χ0) is 23.7. The van der Waals surface area contributed by atoms with E-state index in [-0.39, 0.29) is 40.3 Å². The largest absolute Gasteiger partial charge is 0.486 e. The van der Waals surface area contributed by atoms with E-state index in [1.807, 2.05) is 0 Å². The van der Waals surface area contributed by atoms with Gasteiger partial charge in [0.2, 0.25) is 5.65 Å². The van der Waals surface area contributed by atoms with Gasteiger partial charge in [0.05, 0.1) is 23.8 Å². The summed E-state index contributed by atoms with van der Waals surface area (Å²) in [5.41, 5.74) is 8.08. The minimum absolute atomic E-state index is 0.135. The molecule has 34 heavy (non-hydrogen) atoms. The number of pyridine rings is 2. The summed E-state index contributed by atoms with van der Waals surface area (Å²) in [6.07, 6.45) is 3.07. The van der Waals surface area contributed by atoms with Crippen LogP contribution in [0.1, 0.15) is 15.9 Å². The van der Waals surface area contributed by atoms with E-state index in [1.165, 1.54) is 18.3 Å². The van der Waals surface area contributed by atoms with Crippen LogP contribution in [0.15, 0.2) is 36.7 Å². The van der Waals surface area contributed by atoms with Crippen LogP contribution in [-0.2, 0) is 11.3 Å². The number of rotatable bonds is 5. The lowest BCUT2D eigenvalue weighted by molar-refractivity contribution is 0.0302. The van der Waals surface area contributed by atoms with Crippen molar-refractivity contribution in [2.75, 3.05) is 32.0 Å². The topological polar surface area (TPSA) is 132 Å². The number of nitrogens with two attached hydrogens (primary N) is 1. The van der Waals surface area contributed by atoms with Gasteiger partial charge >= 0.3 is 0 Å². The molecular weight excluding hydrogens is 465 g/mol. The summed E-state index contributed by atoms with van der Waals surface area (Å²) in [6, 6.07) is 6.01. The molecule has 4 heterocycles. The fraction of sp³-hybridized carbons (Fsp3) is 0.227. The zero-order valence-electron chi connectivity index (χ0n) is 17.8. The lowest BCUT2D eigenvalue weighted by Crippen LogP contribution is -2.40. The van der Waals surface area contributed by atoms with Crippen LogP contribution in [0.25, 0.3) is 22.3 Å². The molecule has 1 aromatic carbocycles. The van der Waals surface area contributed by atoms with Gasteiger partial charge in [0.15, 0.2) is 11.3 Å². The van der Waals surface area contributed by atoms with Crippen molar-refractivity contribution < 1.29 is 18.7 Å². The van der Waals surface area contributed by atoms with Crippen molar-refractivity contribution in [3.8, 4) is 16.9 Å². The quantitative estimate of drug-likeness (QED) is 0.443. The van der Waals surface area contributed by atoms with E-state index in [0.717, 1.165) is 0 Å². The van der Waals surface area contributed by atoms with Crippen LogP contribution in [0.4, 0.5) is 10.2 Å². The van der Waals surface area contributed by atoms with Crippen LogP contribution in [0.3, 0.4) is 0 Å². The van der Waals surface area contributed by atoms with Crippen molar-refractivity contribution in [1.29, 1.82) is 0 Å². The SMILES string of the molecule is Nc1cc(OCc2c(F)ccc(-c3cncc(C(=O)N4CCOCC4)c3)c2Cl)c2n[nH]nc2n1. The predicted molar refractivity (Wildman–Crippen MR) is 122 cm³/mol. The number of hydrogen-bond donors (Lipinski definition) is 2. The Morgan fingerprint density at radius 3 is 2.88 bits per heavy atom. The van der Waals surface area contributed by atoms with Gasteiger partial charge in [-0.25, -0.2) is 9.37 Å². The molecule has 10 nitrogen and oxygen atoms in total. The summed E-state index contributed by atoms with van der Waals surface area (Å²) in [4.78, 5) is 22.8. The molecule has 0 unspecified atom stereocenters. The fourth-order valence-corrected chi connectivity index (χ4v) is 4.01. The van der Waals surface area contributed by atoms with Crippen molar-refractivity contribution in [2.24, 2.45) is 0 Å². The Labute approximate surface area is 197 Å². The number of aromatic amines is 1. The number of carbonyl (C=O) groups excluding carboxylic acids is 1. The molecule has 4 aromatic rings. The van der Waals surface area contributed by atoms with Crippen molar-refractivity contribution in [1.82, 2.24) is 30.3 Å². The van der Waals surface area contributed by atoms with Crippen LogP contribution in [0, 0.1) is 5.82 Å². The summed E-state index contributed by atoms with van der Waals surface area (Å²) in [5, 5.41) is 10.5. The van der Waals surface area contributed by atoms with Gasteiger partial charge in [-0.3, -0.25) is 9.78 Å². The molecule has 12 heteroatoms. The molecule has 0 spiro atoms. The molecule has 174 valence electrons. The average molecular weight is 484 g/mol. The number of halogens is 2. The number of ether oxygens (including phenoxy) is 2. The average Bonchev–Trinajstić information content (AvgIpc) is 3.32. The van der Waals surface area contributed by atoms with E-state index in [2.05, 4.69) is 25.4 Å². The van der Waals surface area contributed by atoms with Gasteiger partial charge in [-0.2, -0.15) is 10.3 Å². The van der Waals surface area contributed by atoms with Gasteiger partial charge in [-0.15, -0.1) is 5.10 Å². The Hall–Kier alpha value is -3.83. The number of hydrogen-bond acceptors (Lipinski definition) is 8. The third-order valence-electron chi connectivity index (χ3n) is 5.43. The predicted octanol–water partition coefficient (Wildman–Crippen LogP) is 2.84. The highest BCUT2D eigenvalue weighted by Gasteiger charge is 2.21. The number of amides is 1. The second kappa shape index (κ2) is 9.20. The summed E-state index contributed by atoms with van der Waals surface area (Å²) < 4.78 is 25.8. The number of H-pyrrole nitrogens is 1. The van der Waals surface area contributed by atoms with Crippen molar-refractivity contribution in [3.05, 3.63) is 58.6 Å². The maximum atomic E-state index is 14.7. The minimum atomic E-state index is -0.541. The maximum absolute atomic E-state index is 14.7. The van der Waals surface area contributed by atoms with E-state index in [9.17, 15) is 9.18 Å². The number of aromatic nitrogens is 5. The number of carbonyl (C=O) groups is 1. The van der Waals surface area contributed by atoms with Crippen LogP contribution in [0.2, 0.25) is 5.02 Å².